The maximum absolute atomic E-state index is 11.9. The molecule has 7 heteroatoms. The van der Waals surface area contributed by atoms with Crippen LogP contribution in [0.5, 0.6) is 0 Å². The van der Waals surface area contributed by atoms with E-state index in [1.165, 1.54) is 0 Å². The third-order valence-corrected chi connectivity index (χ3v) is 1.42. The standard InChI is InChI=1S/C7H7F5O2/c1-3(6(13)14)2-4(5(8)9)7(10,11)12/h2,4-5H,1H3,(H,13,14)/b3-2+. The van der Waals surface area contributed by atoms with Gasteiger partial charge in [-0.25, -0.2) is 13.6 Å². The summed E-state index contributed by atoms with van der Waals surface area (Å²) >= 11 is 0. The molecule has 0 aromatic rings. The third-order valence-electron chi connectivity index (χ3n) is 1.42. The van der Waals surface area contributed by atoms with Crippen LogP contribution >= 0.6 is 0 Å². The molecule has 0 aromatic carbocycles. The van der Waals surface area contributed by atoms with Gasteiger partial charge in [0.1, 0.15) is 5.92 Å². The van der Waals surface area contributed by atoms with E-state index in [0.29, 0.717) is 0 Å². The molecule has 0 spiro atoms. The molecule has 0 rings (SSSR count). The average molecular weight is 218 g/mol. The lowest BCUT2D eigenvalue weighted by atomic mass is 10.1. The number of carboxylic acids is 1. The third kappa shape index (κ3) is 3.71. The zero-order chi connectivity index (χ0) is 11.5. The minimum atomic E-state index is -5.13. The topological polar surface area (TPSA) is 37.3 Å². The van der Waals surface area contributed by atoms with Crippen LogP contribution in [0.2, 0.25) is 0 Å². The molecular weight excluding hydrogens is 211 g/mol. The molecule has 0 amide bonds. The molecule has 0 aromatic heterocycles. The monoisotopic (exact) mass is 218 g/mol. The molecule has 0 aliphatic rings. The Morgan fingerprint density at radius 3 is 2.00 bits per heavy atom. The minimum absolute atomic E-state index is 0.00694. The van der Waals surface area contributed by atoms with E-state index in [1.54, 1.807) is 0 Å². The van der Waals surface area contributed by atoms with Gasteiger partial charge in [0, 0.05) is 5.57 Å². The average Bonchev–Trinajstić information content (AvgIpc) is 1.96. The number of alkyl halides is 5. The van der Waals surface area contributed by atoms with E-state index in [0.717, 1.165) is 6.92 Å². The molecule has 0 saturated heterocycles. The molecule has 1 N–H and O–H groups in total. The van der Waals surface area contributed by atoms with Crippen molar-refractivity contribution in [1.29, 1.82) is 0 Å². The summed E-state index contributed by atoms with van der Waals surface area (Å²) in [5.41, 5.74) is -0.757. The van der Waals surface area contributed by atoms with Crippen LogP contribution < -0.4 is 0 Å². The van der Waals surface area contributed by atoms with Gasteiger partial charge in [-0.1, -0.05) is 6.08 Å². The van der Waals surface area contributed by atoms with E-state index < -0.39 is 30.1 Å². The van der Waals surface area contributed by atoms with Gasteiger partial charge in [0.15, 0.2) is 0 Å². The number of aliphatic carboxylic acids is 1. The van der Waals surface area contributed by atoms with Crippen molar-refractivity contribution in [1.82, 2.24) is 0 Å². The number of hydrogen-bond acceptors (Lipinski definition) is 1. The first kappa shape index (κ1) is 12.9. The Bertz CT molecular complexity index is 243. The molecule has 14 heavy (non-hydrogen) atoms. The van der Waals surface area contributed by atoms with E-state index >= 15 is 0 Å². The van der Waals surface area contributed by atoms with Gasteiger partial charge in [0.25, 0.3) is 6.43 Å². The fraction of sp³-hybridized carbons (Fsp3) is 0.571. The Labute approximate surface area is 76.0 Å². The van der Waals surface area contributed by atoms with Crippen molar-refractivity contribution in [3.63, 3.8) is 0 Å². The summed E-state index contributed by atoms with van der Waals surface area (Å²) < 4.78 is 59.4. The van der Waals surface area contributed by atoms with Gasteiger partial charge in [-0.15, -0.1) is 0 Å². The van der Waals surface area contributed by atoms with Crippen LogP contribution in [0.3, 0.4) is 0 Å². The van der Waals surface area contributed by atoms with Crippen molar-refractivity contribution in [3.8, 4) is 0 Å². The molecule has 0 bridgehead atoms. The van der Waals surface area contributed by atoms with E-state index in [9.17, 15) is 26.7 Å². The molecule has 1 atom stereocenters. The second-order valence-corrected chi connectivity index (χ2v) is 2.56. The molecule has 0 aliphatic carbocycles. The largest absolute Gasteiger partial charge is 0.478 e. The summed E-state index contributed by atoms with van der Waals surface area (Å²) in [6, 6.07) is 0. The van der Waals surface area contributed by atoms with Gasteiger partial charge in [-0.3, -0.25) is 0 Å². The molecule has 1 unspecified atom stereocenters. The highest BCUT2D eigenvalue weighted by molar-refractivity contribution is 5.85. The fourth-order valence-corrected chi connectivity index (χ4v) is 0.651. The number of halogens is 5. The van der Waals surface area contributed by atoms with Gasteiger partial charge in [-0.2, -0.15) is 13.2 Å². The highest BCUT2D eigenvalue weighted by atomic mass is 19.4. The highest BCUT2D eigenvalue weighted by Crippen LogP contribution is 2.32. The van der Waals surface area contributed by atoms with Crippen LogP contribution in [-0.4, -0.2) is 23.7 Å². The lowest BCUT2D eigenvalue weighted by Gasteiger charge is -2.15. The molecule has 0 heterocycles. The first-order valence-electron chi connectivity index (χ1n) is 3.43. The van der Waals surface area contributed by atoms with Gasteiger partial charge < -0.3 is 5.11 Å². The van der Waals surface area contributed by atoms with Crippen LogP contribution in [-0.2, 0) is 4.79 Å². The van der Waals surface area contributed by atoms with Crippen molar-refractivity contribution in [2.45, 2.75) is 19.5 Å². The van der Waals surface area contributed by atoms with Crippen LogP contribution in [0, 0.1) is 5.92 Å². The van der Waals surface area contributed by atoms with Crippen LogP contribution in [0.4, 0.5) is 22.0 Å². The number of allylic oxidation sites excluding steroid dienone is 1. The first-order chi connectivity index (χ1) is 6.16. The maximum Gasteiger partial charge on any atom is 0.400 e. The molecular formula is C7H7F5O2. The smallest absolute Gasteiger partial charge is 0.400 e. The SMILES string of the molecule is C/C(=C\C(C(F)F)C(F)(F)F)C(=O)O. The van der Waals surface area contributed by atoms with Crippen molar-refractivity contribution < 1.29 is 31.9 Å². The van der Waals surface area contributed by atoms with Gasteiger partial charge in [0.05, 0.1) is 0 Å². The maximum atomic E-state index is 11.9. The summed E-state index contributed by atoms with van der Waals surface area (Å²) in [7, 11) is 0. The van der Waals surface area contributed by atoms with Crippen LogP contribution in [0.15, 0.2) is 11.6 Å². The normalized spacial score (nSPS) is 15.8. The molecule has 2 nitrogen and oxygen atoms in total. The molecule has 0 saturated carbocycles. The zero-order valence-corrected chi connectivity index (χ0v) is 6.98. The summed E-state index contributed by atoms with van der Waals surface area (Å²) in [6.45, 7) is 0.823. The van der Waals surface area contributed by atoms with Crippen molar-refractivity contribution in [2.24, 2.45) is 5.92 Å². The first-order valence-corrected chi connectivity index (χ1v) is 3.43. The van der Waals surface area contributed by atoms with Gasteiger partial charge in [-0.05, 0) is 6.92 Å². The van der Waals surface area contributed by atoms with Gasteiger partial charge >= 0.3 is 12.1 Å². The Balaban J connectivity index is 4.88. The quantitative estimate of drug-likeness (QED) is 0.583. The van der Waals surface area contributed by atoms with E-state index in [-0.39, 0.29) is 6.08 Å². The Kier molecular flexibility index (Phi) is 4.03. The lowest BCUT2D eigenvalue weighted by Crippen LogP contribution is -2.28. The number of hydrogen-bond donors (Lipinski definition) is 1. The number of carboxylic acid groups (broad SMARTS) is 1. The predicted octanol–water partition coefficient (Wildman–Crippen LogP) is 2.46. The Hall–Kier alpha value is -1.14. The van der Waals surface area contributed by atoms with Crippen LogP contribution in [0.25, 0.3) is 0 Å². The number of rotatable bonds is 3. The van der Waals surface area contributed by atoms with Crippen LogP contribution in [0.1, 0.15) is 6.92 Å². The second kappa shape index (κ2) is 4.39. The molecule has 82 valence electrons. The van der Waals surface area contributed by atoms with Crippen molar-refractivity contribution in [2.75, 3.05) is 0 Å². The fourth-order valence-electron chi connectivity index (χ4n) is 0.651. The zero-order valence-electron chi connectivity index (χ0n) is 6.98. The minimum Gasteiger partial charge on any atom is -0.478 e. The van der Waals surface area contributed by atoms with Crippen molar-refractivity contribution in [3.05, 3.63) is 11.6 Å². The predicted molar refractivity (Wildman–Crippen MR) is 36.9 cm³/mol. The van der Waals surface area contributed by atoms with E-state index in [1.807, 2.05) is 0 Å². The summed E-state index contributed by atoms with van der Waals surface area (Å²) in [4.78, 5) is 10.1. The Morgan fingerprint density at radius 2 is 1.79 bits per heavy atom. The van der Waals surface area contributed by atoms with Crippen molar-refractivity contribution >= 4 is 5.97 Å². The lowest BCUT2D eigenvalue weighted by molar-refractivity contribution is -0.190. The second-order valence-electron chi connectivity index (χ2n) is 2.56. The number of carbonyl (C=O) groups is 1. The summed E-state index contributed by atoms with van der Waals surface area (Å²) in [5.74, 6) is -4.68. The summed E-state index contributed by atoms with van der Waals surface area (Å²) in [6.07, 6.45) is -8.79. The molecule has 0 aliphatic heterocycles. The molecule has 0 fully saturated rings. The summed E-state index contributed by atoms with van der Waals surface area (Å²) in [5, 5.41) is 8.20. The highest BCUT2D eigenvalue weighted by Gasteiger charge is 2.44. The Morgan fingerprint density at radius 1 is 1.36 bits per heavy atom. The molecule has 0 radical (unpaired) electrons. The van der Waals surface area contributed by atoms with Gasteiger partial charge in [0.2, 0.25) is 0 Å². The van der Waals surface area contributed by atoms with E-state index in [4.69, 9.17) is 5.11 Å². The van der Waals surface area contributed by atoms with E-state index in [2.05, 4.69) is 0 Å².